The van der Waals surface area contributed by atoms with Crippen LogP contribution in [0.4, 0.5) is 4.79 Å². The molecule has 3 saturated carbocycles. The number of phenols is 1. The van der Waals surface area contributed by atoms with Crippen molar-refractivity contribution in [1.82, 2.24) is 10.6 Å². The minimum atomic E-state index is -0.806. The van der Waals surface area contributed by atoms with Crippen molar-refractivity contribution in [3.05, 3.63) is 77.4 Å². The lowest BCUT2D eigenvalue weighted by atomic mass is 9.48. The molecule has 0 heterocycles. The summed E-state index contributed by atoms with van der Waals surface area (Å²) in [5.74, 6) is 1.73. The van der Waals surface area contributed by atoms with Crippen LogP contribution in [-0.2, 0) is 22.6 Å². The molecule has 0 bridgehead atoms. The van der Waals surface area contributed by atoms with Crippen molar-refractivity contribution in [2.75, 3.05) is 0 Å². The van der Waals surface area contributed by atoms with Crippen LogP contribution in [0, 0.1) is 28.6 Å². The molecule has 2 aromatic rings. The van der Waals surface area contributed by atoms with Crippen LogP contribution in [0.2, 0.25) is 0 Å². The Balaban J connectivity index is 1.15. The highest BCUT2D eigenvalue weighted by molar-refractivity contribution is 5.86. The molecule has 4 aliphatic carbocycles. The van der Waals surface area contributed by atoms with E-state index in [-0.39, 0.29) is 41.2 Å². The zero-order valence-corrected chi connectivity index (χ0v) is 25.4. The first-order valence-corrected chi connectivity index (χ1v) is 16.1. The Labute approximate surface area is 255 Å². The lowest BCUT2D eigenvalue weighted by molar-refractivity contribution is -0.125. The van der Waals surface area contributed by atoms with Crippen LogP contribution >= 0.6 is 0 Å². The summed E-state index contributed by atoms with van der Waals surface area (Å²) in [6.45, 7) is 4.93. The number of amides is 2. The van der Waals surface area contributed by atoms with Gasteiger partial charge in [-0.2, -0.15) is 0 Å². The molecule has 3 fully saturated rings. The van der Waals surface area contributed by atoms with Crippen LogP contribution in [0.1, 0.15) is 76.3 Å². The number of benzene rings is 2. The number of rotatable bonds is 7. The fourth-order valence-corrected chi connectivity index (χ4v) is 9.14. The van der Waals surface area contributed by atoms with Gasteiger partial charge in [-0.3, -0.25) is 4.79 Å². The summed E-state index contributed by atoms with van der Waals surface area (Å²) >= 11 is 0. The highest BCUT2D eigenvalue weighted by atomic mass is 16.5. The molecule has 0 spiro atoms. The van der Waals surface area contributed by atoms with Gasteiger partial charge in [0.1, 0.15) is 18.4 Å². The average molecular weight is 587 g/mol. The highest BCUT2D eigenvalue weighted by Gasteiger charge is 2.59. The summed E-state index contributed by atoms with van der Waals surface area (Å²) in [4.78, 5) is 26.7. The van der Waals surface area contributed by atoms with Gasteiger partial charge in [0.25, 0.3) is 0 Å². The summed E-state index contributed by atoms with van der Waals surface area (Å²) < 4.78 is 5.47. The van der Waals surface area contributed by atoms with Gasteiger partial charge in [-0.15, -0.1) is 0 Å². The summed E-state index contributed by atoms with van der Waals surface area (Å²) in [5.41, 5.74) is 3.38. The van der Waals surface area contributed by atoms with Crippen molar-refractivity contribution in [2.24, 2.45) is 28.6 Å². The molecule has 2 aromatic carbocycles. The van der Waals surface area contributed by atoms with Crippen LogP contribution in [0.25, 0.3) is 0 Å². The van der Waals surface area contributed by atoms with Gasteiger partial charge < -0.3 is 25.6 Å². The first kappa shape index (κ1) is 29.7. The second-order valence-electron chi connectivity index (χ2n) is 14.0. The molecule has 6 rings (SSSR count). The third-order valence-electron chi connectivity index (χ3n) is 11.6. The molecule has 7 nitrogen and oxygen atoms in total. The number of phenolic OH excluding ortho intramolecular Hbond substituents is 1. The van der Waals surface area contributed by atoms with Gasteiger partial charge in [-0.05, 0) is 103 Å². The Morgan fingerprint density at radius 3 is 2.49 bits per heavy atom. The summed E-state index contributed by atoms with van der Waals surface area (Å²) in [5, 5.41) is 26.3. The number of aromatic hydroxyl groups is 1. The topological polar surface area (TPSA) is 108 Å². The molecule has 4 N–H and O–H groups in total. The maximum Gasteiger partial charge on any atom is 0.408 e. The predicted octanol–water partition coefficient (Wildman–Crippen LogP) is 6.04. The Morgan fingerprint density at radius 1 is 0.953 bits per heavy atom. The molecule has 4 aliphatic rings. The van der Waals surface area contributed by atoms with E-state index in [2.05, 4.69) is 30.6 Å². The van der Waals surface area contributed by atoms with Crippen molar-refractivity contribution in [3.63, 3.8) is 0 Å². The second kappa shape index (κ2) is 12.0. The molecular weight excluding hydrogens is 540 g/mol. The minimum absolute atomic E-state index is 0.00359. The van der Waals surface area contributed by atoms with Crippen LogP contribution in [0.5, 0.6) is 5.75 Å². The standard InChI is InChI=1S/C36H46N2O5/c1-35-18-16-27(40)21-25(35)10-13-28-29-14-15-32(36(29,2)19-17-30(28)35)38-33(41)31(20-23-8-11-26(39)12-9-23)37-34(42)43-22-24-6-4-3-5-7-24/h3-12,27-32,39-40H,13-22H2,1-2H3,(H,37,42)(H,38,41)/t27-,28-,29-,30-,31+,32+,35-,36-/m0/s1. The third-order valence-corrected chi connectivity index (χ3v) is 11.6. The lowest BCUT2D eigenvalue weighted by Crippen LogP contribution is -2.56. The van der Waals surface area contributed by atoms with E-state index in [0.717, 1.165) is 62.5 Å². The SMILES string of the molecule is C[C@]12CC[C@H]3[C@@H](CC=C4C[C@@H](O)CC[C@@]43C)[C@@H]1CC[C@H]2NC(=O)[C@@H](Cc1ccc(O)cc1)NC(=O)OCc1ccccc1. The number of hydrogen-bond acceptors (Lipinski definition) is 5. The fourth-order valence-electron chi connectivity index (χ4n) is 9.14. The highest BCUT2D eigenvalue weighted by Crippen LogP contribution is 2.64. The Morgan fingerprint density at radius 2 is 1.72 bits per heavy atom. The van der Waals surface area contributed by atoms with Crippen molar-refractivity contribution >= 4 is 12.0 Å². The van der Waals surface area contributed by atoms with Gasteiger partial charge >= 0.3 is 6.09 Å². The molecule has 0 aliphatic heterocycles. The second-order valence-corrected chi connectivity index (χ2v) is 14.0. The number of nitrogens with one attached hydrogen (secondary N) is 2. The fraction of sp³-hybridized carbons (Fsp3) is 0.556. The first-order valence-electron chi connectivity index (χ1n) is 16.1. The van der Waals surface area contributed by atoms with E-state index in [4.69, 9.17) is 4.74 Å². The number of alkyl carbamates (subject to hydrolysis) is 1. The molecule has 8 atom stereocenters. The number of aliphatic hydroxyl groups excluding tert-OH is 1. The summed E-state index contributed by atoms with van der Waals surface area (Å²) in [7, 11) is 0. The van der Waals surface area contributed by atoms with Crippen molar-refractivity contribution < 1.29 is 24.5 Å². The molecule has 230 valence electrons. The van der Waals surface area contributed by atoms with E-state index in [1.807, 2.05) is 30.3 Å². The Kier molecular flexibility index (Phi) is 8.29. The maximum absolute atomic E-state index is 13.9. The predicted molar refractivity (Wildman–Crippen MR) is 165 cm³/mol. The number of ether oxygens (including phenoxy) is 1. The van der Waals surface area contributed by atoms with Crippen LogP contribution in [0.3, 0.4) is 0 Å². The molecule has 0 unspecified atom stereocenters. The van der Waals surface area contributed by atoms with Gasteiger partial charge in [0.2, 0.25) is 5.91 Å². The monoisotopic (exact) mass is 586 g/mol. The number of carbonyl (C=O) groups is 2. The average Bonchev–Trinajstić information content (AvgIpc) is 3.33. The maximum atomic E-state index is 13.9. The molecule has 0 aromatic heterocycles. The molecule has 7 heteroatoms. The van der Waals surface area contributed by atoms with E-state index in [0.29, 0.717) is 24.2 Å². The van der Waals surface area contributed by atoms with E-state index in [9.17, 15) is 19.8 Å². The first-order chi connectivity index (χ1) is 20.7. The smallest absolute Gasteiger partial charge is 0.408 e. The normalized spacial score (nSPS) is 33.7. The van der Waals surface area contributed by atoms with Crippen molar-refractivity contribution in [1.29, 1.82) is 0 Å². The molecule has 0 saturated heterocycles. The number of fused-ring (bicyclic) bond motifs is 5. The molecule has 2 amide bonds. The lowest BCUT2D eigenvalue weighted by Gasteiger charge is -2.58. The van der Waals surface area contributed by atoms with E-state index in [1.165, 1.54) is 5.57 Å². The van der Waals surface area contributed by atoms with Crippen molar-refractivity contribution in [3.8, 4) is 5.75 Å². The summed E-state index contributed by atoms with van der Waals surface area (Å²) in [6.07, 6.45) is 10.0. The number of carbonyl (C=O) groups excluding carboxylic acids is 2. The Bertz CT molecular complexity index is 1340. The minimum Gasteiger partial charge on any atom is -0.508 e. The molecular formula is C36H46N2O5. The van der Waals surface area contributed by atoms with E-state index >= 15 is 0 Å². The number of hydrogen-bond donors (Lipinski definition) is 4. The van der Waals surface area contributed by atoms with Crippen molar-refractivity contribution in [2.45, 2.75) is 96.4 Å². The third kappa shape index (κ3) is 5.93. The molecule has 43 heavy (non-hydrogen) atoms. The molecule has 0 radical (unpaired) electrons. The van der Waals surface area contributed by atoms with Crippen LogP contribution in [0.15, 0.2) is 66.2 Å². The van der Waals surface area contributed by atoms with Crippen LogP contribution < -0.4 is 10.6 Å². The zero-order valence-electron chi connectivity index (χ0n) is 25.4. The zero-order chi connectivity index (χ0) is 30.2. The van der Waals surface area contributed by atoms with Gasteiger partial charge in [-0.1, -0.05) is 68.0 Å². The summed E-state index contributed by atoms with van der Waals surface area (Å²) in [6, 6.07) is 15.4. The number of allylic oxidation sites excluding steroid dienone is 1. The quantitative estimate of drug-likeness (QED) is 0.296. The van der Waals surface area contributed by atoms with Gasteiger partial charge in [0.15, 0.2) is 0 Å². The van der Waals surface area contributed by atoms with E-state index in [1.54, 1.807) is 24.3 Å². The largest absolute Gasteiger partial charge is 0.508 e. The van der Waals surface area contributed by atoms with Gasteiger partial charge in [0.05, 0.1) is 6.10 Å². The van der Waals surface area contributed by atoms with Gasteiger partial charge in [-0.25, -0.2) is 4.79 Å². The Hall–Kier alpha value is -3.32. The van der Waals surface area contributed by atoms with Gasteiger partial charge in [0, 0.05) is 12.5 Å². The number of aliphatic hydroxyl groups is 1. The van der Waals surface area contributed by atoms with E-state index < -0.39 is 12.1 Å². The van der Waals surface area contributed by atoms with Crippen LogP contribution in [-0.4, -0.2) is 40.4 Å².